The van der Waals surface area contributed by atoms with E-state index in [9.17, 15) is 14.4 Å². The van der Waals surface area contributed by atoms with Crippen LogP contribution in [0.3, 0.4) is 0 Å². The third-order valence-electron chi connectivity index (χ3n) is 3.94. The van der Waals surface area contributed by atoms with Crippen molar-refractivity contribution in [3.8, 4) is 0 Å². The number of methoxy groups -OCH3 is 1. The molecule has 3 amide bonds. The summed E-state index contributed by atoms with van der Waals surface area (Å²) >= 11 is 0. The zero-order valence-electron chi connectivity index (χ0n) is 15.2. The van der Waals surface area contributed by atoms with Gasteiger partial charge in [-0.2, -0.15) is 0 Å². The number of carbonyl (C=O) groups excluding carboxylic acids is 3. The molecule has 0 aromatic heterocycles. The summed E-state index contributed by atoms with van der Waals surface area (Å²) in [5.74, 6) is -0.189. The highest BCUT2D eigenvalue weighted by Crippen LogP contribution is 2.05. The Labute approximate surface area is 149 Å². The van der Waals surface area contributed by atoms with Crippen molar-refractivity contribution < 1.29 is 23.9 Å². The highest BCUT2D eigenvalue weighted by atomic mass is 16.5. The van der Waals surface area contributed by atoms with Gasteiger partial charge in [0.25, 0.3) is 0 Å². The van der Waals surface area contributed by atoms with Gasteiger partial charge in [-0.15, -0.1) is 0 Å². The van der Waals surface area contributed by atoms with Crippen molar-refractivity contribution in [2.45, 2.75) is 12.8 Å². The van der Waals surface area contributed by atoms with E-state index in [-0.39, 0.29) is 30.6 Å². The SMILES string of the molecule is CNC(=O)CCC(=O)N1CCN(CC(=O)NCCOCCOC)CC1. The minimum absolute atomic E-state index is 0.0130. The number of carbonyl (C=O) groups is 3. The second-order valence-corrected chi connectivity index (χ2v) is 5.79. The van der Waals surface area contributed by atoms with E-state index in [2.05, 4.69) is 10.6 Å². The second kappa shape index (κ2) is 12.6. The molecular weight excluding hydrogens is 328 g/mol. The first-order chi connectivity index (χ1) is 12.1. The van der Waals surface area contributed by atoms with Gasteiger partial charge in [0.15, 0.2) is 0 Å². The normalized spacial score (nSPS) is 15.0. The summed E-state index contributed by atoms with van der Waals surface area (Å²) < 4.78 is 10.1. The molecule has 1 aliphatic rings. The monoisotopic (exact) mass is 358 g/mol. The van der Waals surface area contributed by atoms with Gasteiger partial charge in [0.1, 0.15) is 0 Å². The minimum atomic E-state index is -0.130. The first kappa shape index (κ1) is 21.3. The van der Waals surface area contributed by atoms with Crippen molar-refractivity contribution >= 4 is 17.7 Å². The molecule has 2 N–H and O–H groups in total. The molecule has 25 heavy (non-hydrogen) atoms. The molecule has 0 radical (unpaired) electrons. The number of rotatable bonds is 11. The van der Waals surface area contributed by atoms with Crippen LogP contribution in [0.15, 0.2) is 0 Å². The molecule has 0 bridgehead atoms. The highest BCUT2D eigenvalue weighted by Gasteiger charge is 2.22. The fourth-order valence-electron chi connectivity index (χ4n) is 2.42. The molecule has 9 heteroatoms. The van der Waals surface area contributed by atoms with Crippen LogP contribution in [-0.4, -0.2) is 101 Å². The van der Waals surface area contributed by atoms with Gasteiger partial charge in [-0.05, 0) is 0 Å². The molecule has 0 aromatic rings. The first-order valence-corrected chi connectivity index (χ1v) is 8.61. The summed E-state index contributed by atoms with van der Waals surface area (Å²) in [6.45, 7) is 4.79. The van der Waals surface area contributed by atoms with E-state index in [1.807, 2.05) is 4.90 Å². The predicted octanol–water partition coefficient (Wildman–Crippen LogP) is -1.56. The Hall–Kier alpha value is -1.71. The molecule has 1 fully saturated rings. The number of piperazine rings is 1. The first-order valence-electron chi connectivity index (χ1n) is 8.61. The summed E-state index contributed by atoms with van der Waals surface area (Å²) in [5, 5.41) is 5.31. The van der Waals surface area contributed by atoms with Crippen LogP contribution in [0.2, 0.25) is 0 Å². The molecule has 1 rings (SSSR count). The zero-order chi connectivity index (χ0) is 18.5. The lowest BCUT2D eigenvalue weighted by molar-refractivity contribution is -0.135. The number of hydrogen-bond donors (Lipinski definition) is 2. The van der Waals surface area contributed by atoms with Gasteiger partial charge in [-0.1, -0.05) is 0 Å². The molecule has 9 nitrogen and oxygen atoms in total. The quantitative estimate of drug-likeness (QED) is 0.433. The van der Waals surface area contributed by atoms with Crippen LogP contribution in [0.1, 0.15) is 12.8 Å². The van der Waals surface area contributed by atoms with Gasteiger partial charge in [0, 0.05) is 59.7 Å². The van der Waals surface area contributed by atoms with Crippen molar-refractivity contribution in [1.82, 2.24) is 20.4 Å². The van der Waals surface area contributed by atoms with Crippen molar-refractivity contribution in [3.05, 3.63) is 0 Å². The summed E-state index contributed by atoms with van der Waals surface area (Å²) in [5.41, 5.74) is 0. The topological polar surface area (TPSA) is 100 Å². The van der Waals surface area contributed by atoms with Crippen LogP contribution in [-0.2, 0) is 23.9 Å². The molecule has 0 unspecified atom stereocenters. The number of hydrogen-bond acceptors (Lipinski definition) is 6. The Kier molecular flexibility index (Phi) is 10.8. The average molecular weight is 358 g/mol. The largest absolute Gasteiger partial charge is 0.382 e. The number of nitrogens with zero attached hydrogens (tertiary/aromatic N) is 2. The zero-order valence-corrected chi connectivity index (χ0v) is 15.2. The highest BCUT2D eigenvalue weighted by molar-refractivity contribution is 5.83. The Morgan fingerprint density at radius 2 is 1.68 bits per heavy atom. The number of ether oxygens (including phenoxy) is 2. The molecule has 144 valence electrons. The lowest BCUT2D eigenvalue weighted by atomic mass is 10.2. The van der Waals surface area contributed by atoms with E-state index in [4.69, 9.17) is 9.47 Å². The maximum absolute atomic E-state index is 12.0. The smallest absolute Gasteiger partial charge is 0.234 e. The van der Waals surface area contributed by atoms with E-state index in [0.29, 0.717) is 59.1 Å². The molecule has 0 aromatic carbocycles. The Balaban J connectivity index is 2.12. The maximum Gasteiger partial charge on any atom is 0.234 e. The molecule has 0 saturated carbocycles. The van der Waals surface area contributed by atoms with Gasteiger partial charge in [0.2, 0.25) is 17.7 Å². The lowest BCUT2D eigenvalue weighted by Gasteiger charge is -2.34. The Morgan fingerprint density at radius 1 is 0.960 bits per heavy atom. The second-order valence-electron chi connectivity index (χ2n) is 5.79. The van der Waals surface area contributed by atoms with Gasteiger partial charge in [-0.3, -0.25) is 19.3 Å². The van der Waals surface area contributed by atoms with Crippen LogP contribution in [0.5, 0.6) is 0 Å². The van der Waals surface area contributed by atoms with Crippen LogP contribution < -0.4 is 10.6 Å². The molecule has 1 heterocycles. The van der Waals surface area contributed by atoms with Crippen LogP contribution in [0.25, 0.3) is 0 Å². The van der Waals surface area contributed by atoms with Gasteiger partial charge in [-0.25, -0.2) is 0 Å². The molecule has 0 atom stereocenters. The fourth-order valence-corrected chi connectivity index (χ4v) is 2.42. The summed E-state index contributed by atoms with van der Waals surface area (Å²) in [6.07, 6.45) is 0.438. The Morgan fingerprint density at radius 3 is 2.32 bits per heavy atom. The molecule has 0 aliphatic carbocycles. The molecular formula is C16H30N4O5. The third-order valence-corrected chi connectivity index (χ3v) is 3.94. The van der Waals surface area contributed by atoms with E-state index < -0.39 is 0 Å². The van der Waals surface area contributed by atoms with Crippen LogP contribution >= 0.6 is 0 Å². The van der Waals surface area contributed by atoms with E-state index in [1.165, 1.54) is 0 Å². The predicted molar refractivity (Wildman–Crippen MR) is 92.0 cm³/mol. The van der Waals surface area contributed by atoms with Crippen molar-refractivity contribution in [3.63, 3.8) is 0 Å². The summed E-state index contributed by atoms with van der Waals surface area (Å²) in [4.78, 5) is 38.8. The van der Waals surface area contributed by atoms with Gasteiger partial charge in [0.05, 0.1) is 26.4 Å². The maximum atomic E-state index is 12.0. The van der Waals surface area contributed by atoms with Gasteiger partial charge >= 0.3 is 0 Å². The summed E-state index contributed by atoms with van der Waals surface area (Å²) in [6, 6.07) is 0. The fraction of sp³-hybridized carbons (Fsp3) is 0.812. The molecule has 1 saturated heterocycles. The van der Waals surface area contributed by atoms with Crippen molar-refractivity contribution in [1.29, 1.82) is 0 Å². The minimum Gasteiger partial charge on any atom is -0.382 e. The van der Waals surface area contributed by atoms with Crippen molar-refractivity contribution in [2.24, 2.45) is 0 Å². The molecule has 1 aliphatic heterocycles. The van der Waals surface area contributed by atoms with E-state index >= 15 is 0 Å². The van der Waals surface area contributed by atoms with E-state index in [0.717, 1.165) is 0 Å². The van der Waals surface area contributed by atoms with Crippen LogP contribution in [0, 0.1) is 0 Å². The van der Waals surface area contributed by atoms with E-state index in [1.54, 1.807) is 19.1 Å². The van der Waals surface area contributed by atoms with Gasteiger partial charge < -0.3 is 25.0 Å². The number of amides is 3. The summed E-state index contributed by atoms with van der Waals surface area (Å²) in [7, 11) is 3.17. The third kappa shape index (κ3) is 9.37. The Bertz CT molecular complexity index is 425. The van der Waals surface area contributed by atoms with Crippen molar-refractivity contribution in [2.75, 3.05) is 73.2 Å². The average Bonchev–Trinajstić information content (AvgIpc) is 2.62. The van der Waals surface area contributed by atoms with Crippen LogP contribution in [0.4, 0.5) is 0 Å². The lowest BCUT2D eigenvalue weighted by Crippen LogP contribution is -2.51. The number of nitrogens with one attached hydrogen (secondary N) is 2. The molecule has 0 spiro atoms. The standard InChI is InChI=1S/C16H30N4O5/c1-17-14(21)3-4-16(23)20-8-6-19(7-9-20)13-15(22)18-5-10-25-12-11-24-2/h3-13H2,1-2H3,(H,17,21)(H,18,22).